The van der Waals surface area contributed by atoms with Crippen LogP contribution in [0.2, 0.25) is 0 Å². The van der Waals surface area contributed by atoms with Gasteiger partial charge in [-0.2, -0.15) is 5.10 Å². The minimum absolute atomic E-state index is 0.0133. The molecule has 4 aromatic carbocycles. The Bertz CT molecular complexity index is 3070. The highest BCUT2D eigenvalue weighted by atomic mass is 32.1. The van der Waals surface area contributed by atoms with E-state index < -0.39 is 11.9 Å². The van der Waals surface area contributed by atoms with Crippen LogP contribution in [0.25, 0.3) is 21.1 Å². The molecule has 4 N–H and O–H groups in total. The van der Waals surface area contributed by atoms with Crippen molar-refractivity contribution in [1.82, 2.24) is 30.0 Å². The molecule has 340 valence electrons. The average molecular weight is 918 g/mol. The van der Waals surface area contributed by atoms with E-state index >= 15 is 0 Å². The normalized spacial score (nSPS) is 16.7. The predicted molar refractivity (Wildman–Crippen MR) is 254 cm³/mol. The van der Waals surface area contributed by atoms with E-state index in [0.29, 0.717) is 65.1 Å². The van der Waals surface area contributed by atoms with Crippen LogP contribution in [-0.4, -0.2) is 85.5 Å². The largest absolute Gasteiger partial charge is 0.489 e. The van der Waals surface area contributed by atoms with E-state index in [0.717, 1.165) is 63.7 Å². The zero-order valence-electron chi connectivity index (χ0n) is 36.7. The number of likely N-dealkylation sites (tertiary alicyclic amines) is 1. The number of amides is 4. The minimum Gasteiger partial charge on any atom is -0.489 e. The third kappa shape index (κ3) is 9.20. The quantitative estimate of drug-likeness (QED) is 0.0916. The van der Waals surface area contributed by atoms with Gasteiger partial charge in [0.2, 0.25) is 17.7 Å². The van der Waals surface area contributed by atoms with Gasteiger partial charge in [-0.1, -0.05) is 47.7 Å². The van der Waals surface area contributed by atoms with E-state index in [9.17, 15) is 29.1 Å². The van der Waals surface area contributed by atoms with Crippen molar-refractivity contribution < 1.29 is 33.8 Å². The van der Waals surface area contributed by atoms with Gasteiger partial charge in [-0.15, -0.1) is 0 Å². The zero-order valence-corrected chi connectivity index (χ0v) is 37.5. The number of nitrogens with one attached hydrogen (secondary N) is 3. The first kappa shape index (κ1) is 43.4. The van der Waals surface area contributed by atoms with E-state index in [1.165, 1.54) is 11.3 Å². The summed E-state index contributed by atoms with van der Waals surface area (Å²) in [7, 11) is 1.80. The van der Waals surface area contributed by atoms with Gasteiger partial charge < -0.3 is 20.1 Å². The van der Waals surface area contributed by atoms with E-state index in [1.807, 2.05) is 83.8 Å². The number of aryl methyl sites for hydroxylation is 1. The fourth-order valence-electron chi connectivity index (χ4n) is 9.46. The number of anilines is 3. The molecule has 67 heavy (non-hydrogen) atoms. The third-order valence-corrected chi connectivity index (χ3v) is 13.9. The first-order valence-corrected chi connectivity index (χ1v) is 23.2. The third-order valence-electron chi connectivity index (χ3n) is 12.9. The highest BCUT2D eigenvalue weighted by Gasteiger charge is 2.32. The highest BCUT2D eigenvalue weighted by molar-refractivity contribution is 7.22. The first-order chi connectivity index (χ1) is 32.5. The standard InChI is InChI=1S/C50H47N9O7S/c1-57-40-25-33(13-14-36(40)46(56-57)37-15-17-43(60)54-48(37)63)51-44(61)27-58-21-18-29(19-22-58)31-7-4-8-34(24-31)66-28-32-12-16-42(53-45(32)49(64)65)59-23-20-30-6-5-9-35(38(30)26-59)47(62)55-50-52-39-10-2-3-11-41(39)67-50/h2-14,16,24-25,29,37H,15,17-23,26-28H2,1H3,(H,51,61)(H,64,65)(H,52,55,62)(H,54,60,63). The van der Waals surface area contributed by atoms with Crippen molar-refractivity contribution in [3.05, 3.63) is 136 Å². The molecule has 3 aliphatic rings. The molecular formula is C50H47N9O7S. The maximum absolute atomic E-state index is 13.6. The van der Waals surface area contributed by atoms with Crippen molar-refractivity contribution in [2.45, 2.75) is 57.1 Å². The summed E-state index contributed by atoms with van der Waals surface area (Å²) in [6.45, 7) is 2.73. The number of thiazole rings is 1. The summed E-state index contributed by atoms with van der Waals surface area (Å²) >= 11 is 1.42. The summed E-state index contributed by atoms with van der Waals surface area (Å²) in [5.74, 6) is -1.25. The van der Waals surface area contributed by atoms with Gasteiger partial charge in [0, 0.05) is 48.8 Å². The van der Waals surface area contributed by atoms with Crippen molar-refractivity contribution in [3.63, 3.8) is 0 Å². The number of carboxylic acids is 1. The Labute approximate surface area is 389 Å². The van der Waals surface area contributed by atoms with Crippen molar-refractivity contribution >= 4 is 78.7 Å². The molecule has 16 nitrogen and oxygen atoms in total. The lowest BCUT2D eigenvalue weighted by Gasteiger charge is -2.31. The fourth-order valence-corrected chi connectivity index (χ4v) is 10.3. The molecule has 1 unspecified atom stereocenters. The summed E-state index contributed by atoms with van der Waals surface area (Å²) in [5.41, 5.74) is 6.82. The number of imide groups is 1. The van der Waals surface area contributed by atoms with Gasteiger partial charge in [-0.3, -0.25) is 39.4 Å². The molecular weight excluding hydrogens is 871 g/mol. The Morgan fingerprint density at radius 1 is 0.881 bits per heavy atom. The average Bonchev–Trinajstić information content (AvgIpc) is 3.89. The fraction of sp³-hybridized carbons (Fsp3) is 0.280. The van der Waals surface area contributed by atoms with E-state index in [1.54, 1.807) is 23.9 Å². The van der Waals surface area contributed by atoms with Crippen LogP contribution >= 0.6 is 11.3 Å². The number of hydrogen-bond acceptors (Lipinski definition) is 12. The maximum Gasteiger partial charge on any atom is 0.354 e. The molecule has 7 aromatic rings. The predicted octanol–water partition coefficient (Wildman–Crippen LogP) is 7.01. The van der Waals surface area contributed by atoms with Gasteiger partial charge in [-0.25, -0.2) is 14.8 Å². The molecule has 17 heteroatoms. The second kappa shape index (κ2) is 18.4. The van der Waals surface area contributed by atoms with Crippen molar-refractivity contribution in [1.29, 1.82) is 0 Å². The van der Waals surface area contributed by atoms with Crippen LogP contribution in [-0.2, 0) is 41.0 Å². The first-order valence-electron chi connectivity index (χ1n) is 22.3. The molecule has 3 aliphatic heterocycles. The second-order valence-corrected chi connectivity index (χ2v) is 18.3. The number of rotatable bonds is 12. The van der Waals surface area contributed by atoms with Crippen LogP contribution in [0.5, 0.6) is 5.75 Å². The van der Waals surface area contributed by atoms with Gasteiger partial charge in [-0.05, 0) is 122 Å². The lowest BCUT2D eigenvalue weighted by molar-refractivity contribution is -0.134. The molecule has 3 aromatic heterocycles. The minimum atomic E-state index is -1.15. The van der Waals surface area contributed by atoms with Crippen molar-refractivity contribution in [2.75, 3.05) is 41.7 Å². The van der Waals surface area contributed by atoms with E-state index in [2.05, 4.69) is 42.0 Å². The monoisotopic (exact) mass is 917 g/mol. The van der Waals surface area contributed by atoms with Gasteiger partial charge in [0.15, 0.2) is 10.8 Å². The maximum atomic E-state index is 13.6. The van der Waals surface area contributed by atoms with Crippen LogP contribution in [0.3, 0.4) is 0 Å². The molecule has 0 radical (unpaired) electrons. The van der Waals surface area contributed by atoms with Crippen molar-refractivity contribution in [3.8, 4) is 5.75 Å². The Hall–Kier alpha value is -7.50. The number of carbonyl (C=O) groups is 5. The van der Waals surface area contributed by atoms with Crippen LogP contribution in [0.1, 0.15) is 86.3 Å². The highest BCUT2D eigenvalue weighted by Crippen LogP contribution is 2.34. The van der Waals surface area contributed by atoms with E-state index in [-0.39, 0.29) is 54.8 Å². The molecule has 0 bridgehead atoms. The smallest absolute Gasteiger partial charge is 0.354 e. The lowest BCUT2D eigenvalue weighted by atomic mass is 9.89. The van der Waals surface area contributed by atoms with Gasteiger partial charge in [0.05, 0.1) is 33.9 Å². The molecule has 6 heterocycles. The Morgan fingerprint density at radius 2 is 1.72 bits per heavy atom. The van der Waals surface area contributed by atoms with Gasteiger partial charge >= 0.3 is 5.97 Å². The number of pyridine rings is 1. The van der Waals surface area contributed by atoms with Crippen molar-refractivity contribution in [2.24, 2.45) is 7.05 Å². The molecule has 0 aliphatic carbocycles. The van der Waals surface area contributed by atoms with Crippen LogP contribution in [0.4, 0.5) is 16.6 Å². The lowest BCUT2D eigenvalue weighted by Crippen LogP contribution is -2.39. The Kier molecular flexibility index (Phi) is 11.9. The Morgan fingerprint density at radius 3 is 2.54 bits per heavy atom. The number of benzene rings is 4. The summed E-state index contributed by atoms with van der Waals surface area (Å²) in [5, 5.41) is 24.6. The molecule has 10 rings (SSSR count). The summed E-state index contributed by atoms with van der Waals surface area (Å²) < 4.78 is 8.88. The SMILES string of the molecule is Cn1nc(C2CCC(=O)NC2=O)c2ccc(NC(=O)CN3CCC(c4cccc(OCc5ccc(N6CCc7cccc(C(=O)Nc8nc9ccccc9s8)c7C6)nc5C(=O)O)c4)CC3)cc21. The van der Waals surface area contributed by atoms with Gasteiger partial charge in [0.1, 0.15) is 18.2 Å². The van der Waals surface area contributed by atoms with Crippen LogP contribution < -0.4 is 25.6 Å². The number of piperidine rings is 2. The topological polar surface area (TPSA) is 201 Å². The van der Waals surface area contributed by atoms with Gasteiger partial charge in [0.25, 0.3) is 5.91 Å². The molecule has 1 atom stereocenters. The van der Waals surface area contributed by atoms with Crippen LogP contribution in [0, 0.1) is 0 Å². The molecule has 0 spiro atoms. The number of aromatic carboxylic acids is 1. The number of fused-ring (bicyclic) bond motifs is 3. The summed E-state index contributed by atoms with van der Waals surface area (Å²) in [4.78, 5) is 76.9. The number of hydrogen-bond donors (Lipinski definition) is 4. The van der Waals surface area contributed by atoms with Crippen LogP contribution in [0.15, 0.2) is 97.1 Å². The second-order valence-electron chi connectivity index (χ2n) is 17.2. The molecule has 2 saturated heterocycles. The molecule has 4 amide bonds. The Balaban J connectivity index is 0.732. The number of nitrogens with zero attached hydrogens (tertiary/aromatic N) is 6. The number of ether oxygens (including phenoxy) is 1. The summed E-state index contributed by atoms with van der Waals surface area (Å²) in [6.07, 6.45) is 3.05. The number of carboxylic acid groups (broad SMARTS) is 1. The zero-order chi connectivity index (χ0) is 46.2. The number of carbonyl (C=O) groups excluding carboxylic acids is 4. The summed E-state index contributed by atoms with van der Waals surface area (Å²) in [6, 6.07) is 30.4. The van der Waals surface area contributed by atoms with E-state index in [4.69, 9.17) is 4.74 Å². The number of aromatic nitrogens is 4. The molecule has 2 fully saturated rings. The molecule has 0 saturated carbocycles. The number of para-hydroxylation sites is 1.